The third-order valence-corrected chi connectivity index (χ3v) is 4.43. The molecule has 2 aromatic rings. The second-order valence-electron chi connectivity index (χ2n) is 6.97. The van der Waals surface area contributed by atoms with Crippen molar-refractivity contribution >= 4 is 0 Å². The molecule has 2 nitrogen and oxygen atoms in total. The first kappa shape index (κ1) is 16.7. The lowest BCUT2D eigenvalue weighted by Gasteiger charge is -2.19. The fourth-order valence-corrected chi connectivity index (χ4v) is 3.38. The van der Waals surface area contributed by atoms with Crippen molar-refractivity contribution in [1.29, 1.82) is 0 Å². The molecule has 0 bridgehead atoms. The smallest absolute Gasteiger partial charge is 0.0666 e. The average molecular weight is 296 g/mol. The minimum atomic E-state index is 0.430. The summed E-state index contributed by atoms with van der Waals surface area (Å²) in [5.74, 6) is 0.887. The zero-order valence-electron chi connectivity index (χ0n) is 15.0. The van der Waals surface area contributed by atoms with Crippen LogP contribution in [-0.4, -0.2) is 10.2 Å². The molecule has 0 spiro atoms. The average Bonchev–Trinajstić information content (AvgIpc) is 2.39. The Labute approximate surface area is 135 Å². The molecule has 2 rings (SSSR count). The van der Waals surface area contributed by atoms with Crippen LogP contribution in [0, 0.1) is 27.7 Å². The maximum atomic E-state index is 4.49. The number of hydrogen-bond donors (Lipinski definition) is 0. The topological polar surface area (TPSA) is 25.8 Å². The van der Waals surface area contributed by atoms with Gasteiger partial charge in [0.1, 0.15) is 0 Å². The van der Waals surface area contributed by atoms with Crippen molar-refractivity contribution in [3.05, 3.63) is 57.4 Å². The Bertz CT molecular complexity index is 648. The number of aryl methyl sites for hydroxylation is 4. The molecule has 2 heteroatoms. The SMILES string of the molecule is Cc1cc(C)c([C@H](C)Cc2nnc(C(C)C)cc2C)c(C)c1. The van der Waals surface area contributed by atoms with Crippen LogP contribution in [0.3, 0.4) is 0 Å². The fraction of sp³-hybridized carbons (Fsp3) is 0.500. The molecule has 1 aromatic heterocycles. The minimum Gasteiger partial charge on any atom is -0.155 e. The standard InChI is InChI=1S/C20H28N2/c1-12(2)18-10-14(4)19(22-21-18)11-17(7)20-15(5)8-13(3)9-16(20)6/h8-10,12,17H,11H2,1-7H3/t17-/m1/s1. The Morgan fingerprint density at radius 2 is 1.41 bits per heavy atom. The van der Waals surface area contributed by atoms with Crippen LogP contribution in [0.5, 0.6) is 0 Å². The Morgan fingerprint density at radius 1 is 0.818 bits per heavy atom. The van der Waals surface area contributed by atoms with Gasteiger partial charge in [-0.25, -0.2) is 0 Å². The van der Waals surface area contributed by atoms with Gasteiger partial charge >= 0.3 is 0 Å². The normalized spacial score (nSPS) is 12.7. The Balaban J connectivity index is 2.28. The van der Waals surface area contributed by atoms with E-state index in [9.17, 15) is 0 Å². The quantitative estimate of drug-likeness (QED) is 0.777. The van der Waals surface area contributed by atoms with E-state index in [2.05, 4.69) is 76.9 Å². The summed E-state index contributed by atoms with van der Waals surface area (Å²) in [6, 6.07) is 6.74. The van der Waals surface area contributed by atoms with Crippen molar-refractivity contribution in [2.45, 2.75) is 66.7 Å². The number of benzene rings is 1. The lowest BCUT2D eigenvalue weighted by molar-refractivity contribution is 0.693. The van der Waals surface area contributed by atoms with Gasteiger partial charge in [0.05, 0.1) is 11.4 Å². The molecule has 0 saturated heterocycles. The van der Waals surface area contributed by atoms with Crippen LogP contribution in [0.4, 0.5) is 0 Å². The molecule has 0 aliphatic rings. The van der Waals surface area contributed by atoms with E-state index in [1.165, 1.54) is 27.8 Å². The van der Waals surface area contributed by atoms with Gasteiger partial charge in [-0.05, 0) is 74.3 Å². The van der Waals surface area contributed by atoms with Crippen LogP contribution in [0.15, 0.2) is 18.2 Å². The lowest BCUT2D eigenvalue weighted by Crippen LogP contribution is -2.09. The maximum absolute atomic E-state index is 4.49. The largest absolute Gasteiger partial charge is 0.155 e. The highest BCUT2D eigenvalue weighted by Gasteiger charge is 2.15. The number of rotatable bonds is 4. The molecular formula is C20H28N2. The molecule has 0 radical (unpaired) electrons. The second kappa shape index (κ2) is 6.60. The first-order valence-corrected chi connectivity index (χ1v) is 8.20. The van der Waals surface area contributed by atoms with Gasteiger partial charge in [0.2, 0.25) is 0 Å². The van der Waals surface area contributed by atoms with Gasteiger partial charge in [-0.1, -0.05) is 38.5 Å². The van der Waals surface area contributed by atoms with Crippen molar-refractivity contribution in [2.75, 3.05) is 0 Å². The van der Waals surface area contributed by atoms with Crippen LogP contribution >= 0.6 is 0 Å². The van der Waals surface area contributed by atoms with Crippen LogP contribution in [0.2, 0.25) is 0 Å². The number of hydrogen-bond acceptors (Lipinski definition) is 2. The molecule has 1 atom stereocenters. The summed E-state index contributed by atoms with van der Waals surface area (Å²) >= 11 is 0. The van der Waals surface area contributed by atoms with E-state index < -0.39 is 0 Å². The van der Waals surface area contributed by atoms with E-state index in [4.69, 9.17) is 0 Å². The molecule has 1 aromatic carbocycles. The predicted octanol–water partition coefficient (Wildman–Crippen LogP) is 5.18. The summed E-state index contributed by atoms with van der Waals surface area (Å²) in [4.78, 5) is 0. The molecule has 0 aliphatic heterocycles. The van der Waals surface area contributed by atoms with Gasteiger partial charge in [-0.2, -0.15) is 10.2 Å². The molecule has 22 heavy (non-hydrogen) atoms. The Morgan fingerprint density at radius 3 is 1.91 bits per heavy atom. The zero-order chi connectivity index (χ0) is 16.4. The van der Waals surface area contributed by atoms with E-state index in [-0.39, 0.29) is 0 Å². The van der Waals surface area contributed by atoms with E-state index in [0.29, 0.717) is 11.8 Å². The van der Waals surface area contributed by atoms with Crippen molar-refractivity contribution < 1.29 is 0 Å². The first-order chi connectivity index (χ1) is 10.3. The van der Waals surface area contributed by atoms with E-state index in [1.54, 1.807) is 0 Å². The van der Waals surface area contributed by atoms with Crippen LogP contribution < -0.4 is 0 Å². The molecule has 1 heterocycles. The lowest BCUT2D eigenvalue weighted by atomic mass is 9.87. The van der Waals surface area contributed by atoms with Crippen LogP contribution in [-0.2, 0) is 6.42 Å². The second-order valence-corrected chi connectivity index (χ2v) is 6.97. The zero-order valence-corrected chi connectivity index (χ0v) is 15.0. The van der Waals surface area contributed by atoms with E-state index in [0.717, 1.165) is 17.8 Å². The van der Waals surface area contributed by atoms with Crippen molar-refractivity contribution in [1.82, 2.24) is 10.2 Å². The summed E-state index contributed by atoms with van der Waals surface area (Å²) in [7, 11) is 0. The summed E-state index contributed by atoms with van der Waals surface area (Å²) in [6.07, 6.45) is 0.946. The number of aromatic nitrogens is 2. The summed E-state index contributed by atoms with van der Waals surface area (Å²) < 4.78 is 0. The van der Waals surface area contributed by atoms with Gasteiger partial charge in [0, 0.05) is 0 Å². The van der Waals surface area contributed by atoms with Crippen molar-refractivity contribution in [2.24, 2.45) is 0 Å². The molecule has 0 saturated carbocycles. The molecule has 0 N–H and O–H groups in total. The van der Waals surface area contributed by atoms with Crippen molar-refractivity contribution in [3.8, 4) is 0 Å². The number of nitrogens with zero attached hydrogens (tertiary/aromatic N) is 2. The summed E-state index contributed by atoms with van der Waals surface area (Å²) in [5, 5.41) is 8.89. The van der Waals surface area contributed by atoms with Gasteiger partial charge in [-0.15, -0.1) is 0 Å². The van der Waals surface area contributed by atoms with Gasteiger partial charge in [0.25, 0.3) is 0 Å². The summed E-state index contributed by atoms with van der Waals surface area (Å²) in [6.45, 7) is 15.3. The van der Waals surface area contributed by atoms with E-state index in [1.807, 2.05) is 0 Å². The molecule has 0 aliphatic carbocycles. The van der Waals surface area contributed by atoms with Gasteiger partial charge in [0.15, 0.2) is 0 Å². The molecule has 0 unspecified atom stereocenters. The molecule has 118 valence electrons. The third kappa shape index (κ3) is 3.55. The van der Waals surface area contributed by atoms with Gasteiger partial charge in [-0.3, -0.25) is 0 Å². The fourth-order valence-electron chi connectivity index (χ4n) is 3.38. The van der Waals surface area contributed by atoms with Crippen molar-refractivity contribution in [3.63, 3.8) is 0 Å². The minimum absolute atomic E-state index is 0.430. The third-order valence-electron chi connectivity index (χ3n) is 4.43. The Hall–Kier alpha value is -1.70. The van der Waals surface area contributed by atoms with E-state index >= 15 is 0 Å². The predicted molar refractivity (Wildman–Crippen MR) is 93.6 cm³/mol. The monoisotopic (exact) mass is 296 g/mol. The maximum Gasteiger partial charge on any atom is 0.0666 e. The Kier molecular flexibility index (Phi) is 5.00. The van der Waals surface area contributed by atoms with Crippen LogP contribution in [0.1, 0.15) is 71.8 Å². The molecule has 0 amide bonds. The molecular weight excluding hydrogens is 268 g/mol. The highest BCUT2D eigenvalue weighted by molar-refractivity contribution is 5.40. The highest BCUT2D eigenvalue weighted by Crippen LogP contribution is 2.28. The molecule has 0 fully saturated rings. The van der Waals surface area contributed by atoms with Crippen LogP contribution in [0.25, 0.3) is 0 Å². The highest BCUT2D eigenvalue weighted by atomic mass is 15.1. The summed E-state index contributed by atoms with van der Waals surface area (Å²) in [5.41, 5.74) is 9.02. The van der Waals surface area contributed by atoms with Gasteiger partial charge < -0.3 is 0 Å². The first-order valence-electron chi connectivity index (χ1n) is 8.20.